The van der Waals surface area contributed by atoms with Crippen LogP contribution in [-0.2, 0) is 0 Å². The molecule has 2 aromatic carbocycles. The summed E-state index contributed by atoms with van der Waals surface area (Å²) in [7, 11) is 0. The molecule has 0 radical (unpaired) electrons. The van der Waals surface area contributed by atoms with E-state index in [1.807, 2.05) is 48.5 Å². The van der Waals surface area contributed by atoms with Gasteiger partial charge in [0, 0.05) is 15.6 Å². The van der Waals surface area contributed by atoms with E-state index in [9.17, 15) is 5.11 Å². The van der Waals surface area contributed by atoms with Gasteiger partial charge in [-0.25, -0.2) is 5.01 Å². The quantitative estimate of drug-likeness (QED) is 0.877. The van der Waals surface area contributed by atoms with Crippen molar-refractivity contribution in [1.29, 1.82) is 0 Å². The highest BCUT2D eigenvalue weighted by Crippen LogP contribution is 2.30. The number of aliphatic hydroxyl groups excluding tert-OH is 1. The van der Waals surface area contributed by atoms with Crippen LogP contribution in [-0.4, -0.2) is 11.3 Å². The van der Waals surface area contributed by atoms with E-state index in [-0.39, 0.29) is 0 Å². The van der Waals surface area contributed by atoms with Crippen molar-refractivity contribution in [3.05, 3.63) is 64.1 Å². The van der Waals surface area contributed by atoms with E-state index < -0.39 is 6.23 Å². The number of fused-ring (bicyclic) bond motifs is 1. The minimum Gasteiger partial charge on any atom is -0.368 e. The predicted octanol–water partition coefficient (Wildman–Crippen LogP) is 3.29. The molecule has 1 N–H and O–H groups in total. The number of halogens is 1. The molecule has 3 nitrogen and oxygen atoms in total. The van der Waals surface area contributed by atoms with Gasteiger partial charge >= 0.3 is 0 Å². The molecule has 0 fully saturated rings. The maximum Gasteiger partial charge on any atom is 0.174 e. The zero-order valence-corrected chi connectivity index (χ0v) is 11.1. The summed E-state index contributed by atoms with van der Waals surface area (Å²) in [6.45, 7) is 0. The molecule has 1 heterocycles. The van der Waals surface area contributed by atoms with Gasteiger partial charge in [0.1, 0.15) is 0 Å². The Balaban J connectivity index is 2.00. The van der Waals surface area contributed by atoms with E-state index in [1.54, 1.807) is 11.2 Å². The molecule has 1 aliphatic rings. The average Bonchev–Trinajstić information content (AvgIpc) is 2.41. The summed E-state index contributed by atoms with van der Waals surface area (Å²) in [4.78, 5) is 0. The maximum atomic E-state index is 10.3. The number of aliphatic hydroxyl groups is 1. The number of anilines is 1. The molecule has 1 atom stereocenters. The summed E-state index contributed by atoms with van der Waals surface area (Å²) >= 11 is 3.39. The molecular formula is C14H11BrN2O. The van der Waals surface area contributed by atoms with Crippen LogP contribution in [0.1, 0.15) is 17.4 Å². The lowest BCUT2D eigenvalue weighted by atomic mass is 10.1. The summed E-state index contributed by atoms with van der Waals surface area (Å²) < 4.78 is 1.00. The summed E-state index contributed by atoms with van der Waals surface area (Å²) in [5, 5.41) is 16.2. The zero-order valence-electron chi connectivity index (χ0n) is 9.49. The number of hydrazone groups is 1. The fraction of sp³-hybridized carbons (Fsp3) is 0.0714. The standard InChI is InChI=1S/C14H11BrN2O/c15-11-5-7-12(8-6-11)17-14(18)13-4-2-1-3-10(13)9-16-17/h1-9,14,18H. The smallest absolute Gasteiger partial charge is 0.174 e. The number of benzene rings is 2. The van der Waals surface area contributed by atoms with Crippen molar-refractivity contribution in [2.24, 2.45) is 5.10 Å². The monoisotopic (exact) mass is 302 g/mol. The Hall–Kier alpha value is -1.65. The third kappa shape index (κ3) is 1.94. The van der Waals surface area contributed by atoms with Crippen LogP contribution in [0.5, 0.6) is 0 Å². The number of hydrogen-bond donors (Lipinski definition) is 1. The lowest BCUT2D eigenvalue weighted by Crippen LogP contribution is -2.27. The molecule has 3 rings (SSSR count). The van der Waals surface area contributed by atoms with Crippen LogP contribution >= 0.6 is 15.9 Å². The van der Waals surface area contributed by atoms with Crippen molar-refractivity contribution in [3.63, 3.8) is 0 Å². The molecule has 2 aromatic rings. The highest BCUT2D eigenvalue weighted by Gasteiger charge is 2.23. The van der Waals surface area contributed by atoms with Crippen LogP contribution in [0.4, 0.5) is 5.69 Å². The van der Waals surface area contributed by atoms with E-state index in [4.69, 9.17) is 0 Å². The van der Waals surface area contributed by atoms with Crippen molar-refractivity contribution >= 4 is 27.8 Å². The van der Waals surface area contributed by atoms with Crippen molar-refractivity contribution in [2.45, 2.75) is 6.23 Å². The fourth-order valence-corrected chi connectivity index (χ4v) is 2.25. The third-order valence-electron chi connectivity index (χ3n) is 2.92. The first-order chi connectivity index (χ1) is 8.75. The normalized spacial score (nSPS) is 17.7. The number of nitrogens with zero attached hydrogens (tertiary/aromatic N) is 2. The van der Waals surface area contributed by atoms with Gasteiger partial charge in [-0.1, -0.05) is 40.2 Å². The zero-order chi connectivity index (χ0) is 12.5. The molecular weight excluding hydrogens is 292 g/mol. The first-order valence-corrected chi connectivity index (χ1v) is 6.41. The second kappa shape index (κ2) is 4.55. The minimum absolute atomic E-state index is 0.743. The van der Waals surface area contributed by atoms with Gasteiger partial charge in [-0.05, 0) is 24.3 Å². The van der Waals surface area contributed by atoms with Crippen LogP contribution in [0.3, 0.4) is 0 Å². The summed E-state index contributed by atoms with van der Waals surface area (Å²) in [5.41, 5.74) is 2.69. The van der Waals surface area contributed by atoms with Crippen LogP contribution in [0.2, 0.25) is 0 Å². The number of rotatable bonds is 1. The Morgan fingerprint density at radius 2 is 1.78 bits per heavy atom. The Kier molecular flexibility index (Phi) is 2.89. The third-order valence-corrected chi connectivity index (χ3v) is 3.45. The Morgan fingerprint density at radius 1 is 1.06 bits per heavy atom. The molecule has 1 aliphatic heterocycles. The molecule has 0 saturated carbocycles. The molecule has 1 unspecified atom stereocenters. The van der Waals surface area contributed by atoms with Gasteiger partial charge in [-0.15, -0.1) is 0 Å². The highest BCUT2D eigenvalue weighted by atomic mass is 79.9. The second-order valence-corrected chi connectivity index (χ2v) is 4.98. The van der Waals surface area contributed by atoms with E-state index in [1.165, 1.54) is 0 Å². The molecule has 0 spiro atoms. The largest absolute Gasteiger partial charge is 0.368 e. The van der Waals surface area contributed by atoms with Crippen LogP contribution in [0.15, 0.2) is 58.1 Å². The molecule has 0 aliphatic carbocycles. The van der Waals surface area contributed by atoms with Crippen molar-refractivity contribution in [1.82, 2.24) is 0 Å². The minimum atomic E-state index is -0.743. The summed E-state index contributed by atoms with van der Waals surface area (Å²) in [6.07, 6.45) is 1.02. The molecule has 0 bridgehead atoms. The Bertz CT molecular complexity index is 595. The first-order valence-electron chi connectivity index (χ1n) is 5.61. The molecule has 18 heavy (non-hydrogen) atoms. The SMILES string of the molecule is OC1c2ccccc2C=NN1c1ccc(Br)cc1. The second-order valence-electron chi connectivity index (χ2n) is 4.07. The van der Waals surface area contributed by atoms with Crippen molar-refractivity contribution in [2.75, 3.05) is 5.01 Å². The van der Waals surface area contributed by atoms with E-state index in [0.717, 1.165) is 21.3 Å². The fourth-order valence-electron chi connectivity index (χ4n) is 1.98. The summed E-state index contributed by atoms with van der Waals surface area (Å²) in [6, 6.07) is 15.4. The van der Waals surface area contributed by atoms with Crippen molar-refractivity contribution in [3.8, 4) is 0 Å². The van der Waals surface area contributed by atoms with Gasteiger partial charge < -0.3 is 5.11 Å². The van der Waals surface area contributed by atoms with Crippen LogP contribution in [0.25, 0.3) is 0 Å². The van der Waals surface area contributed by atoms with E-state index >= 15 is 0 Å². The van der Waals surface area contributed by atoms with E-state index in [2.05, 4.69) is 21.0 Å². The van der Waals surface area contributed by atoms with E-state index in [0.29, 0.717) is 0 Å². The molecule has 0 aromatic heterocycles. The number of hydrogen-bond acceptors (Lipinski definition) is 3. The lowest BCUT2D eigenvalue weighted by Gasteiger charge is -2.29. The van der Waals surface area contributed by atoms with Gasteiger partial charge in [-0.2, -0.15) is 5.10 Å². The van der Waals surface area contributed by atoms with Crippen LogP contribution < -0.4 is 5.01 Å². The van der Waals surface area contributed by atoms with Gasteiger partial charge in [0.05, 0.1) is 11.9 Å². The first kappa shape index (κ1) is 11.4. The predicted molar refractivity (Wildman–Crippen MR) is 75.6 cm³/mol. The molecule has 0 saturated heterocycles. The lowest BCUT2D eigenvalue weighted by molar-refractivity contribution is 0.171. The Labute approximate surface area is 113 Å². The van der Waals surface area contributed by atoms with Gasteiger partial charge in [0.25, 0.3) is 0 Å². The van der Waals surface area contributed by atoms with Gasteiger partial charge in [0.15, 0.2) is 6.23 Å². The van der Waals surface area contributed by atoms with Gasteiger partial charge in [0.2, 0.25) is 0 Å². The Morgan fingerprint density at radius 3 is 2.56 bits per heavy atom. The van der Waals surface area contributed by atoms with Crippen molar-refractivity contribution < 1.29 is 5.11 Å². The topological polar surface area (TPSA) is 35.8 Å². The summed E-state index contributed by atoms with van der Waals surface area (Å²) in [5.74, 6) is 0. The highest BCUT2D eigenvalue weighted by molar-refractivity contribution is 9.10. The molecule has 90 valence electrons. The van der Waals surface area contributed by atoms with Gasteiger partial charge in [-0.3, -0.25) is 0 Å². The average molecular weight is 303 g/mol. The molecule has 4 heteroatoms. The molecule has 0 amide bonds. The maximum absolute atomic E-state index is 10.3. The van der Waals surface area contributed by atoms with Crippen LogP contribution in [0, 0.1) is 0 Å².